The fraction of sp³-hybridized carbons (Fsp3) is 0.227. The van der Waals surface area contributed by atoms with Gasteiger partial charge in [0.15, 0.2) is 5.69 Å². The summed E-state index contributed by atoms with van der Waals surface area (Å²) in [6.07, 6.45) is 0. The summed E-state index contributed by atoms with van der Waals surface area (Å²) in [4.78, 5) is 17.8. The monoisotopic (exact) mass is 391 g/mol. The number of carbonyl (C=O) groups is 1. The molecule has 2 heterocycles. The van der Waals surface area contributed by atoms with Crippen molar-refractivity contribution in [1.82, 2.24) is 14.8 Å². The van der Waals surface area contributed by atoms with E-state index in [4.69, 9.17) is 4.98 Å². The van der Waals surface area contributed by atoms with Crippen molar-refractivity contribution in [3.8, 4) is 16.4 Å². The molecule has 142 valence electrons. The van der Waals surface area contributed by atoms with E-state index >= 15 is 0 Å². The van der Waals surface area contributed by atoms with Gasteiger partial charge in [-0.1, -0.05) is 60.6 Å². The van der Waals surface area contributed by atoms with Crippen LogP contribution in [-0.4, -0.2) is 25.8 Å². The lowest BCUT2D eigenvalue weighted by Gasteiger charge is -2.05. The normalized spacial score (nSPS) is 11.5. The minimum Gasteiger partial charge on any atom is -0.476 e. The van der Waals surface area contributed by atoms with E-state index in [9.17, 15) is 9.90 Å². The zero-order chi connectivity index (χ0) is 20.0. The SMILES string of the molecule is Cc1cccc(-c2nc(-n3nc(C(=O)O)c4cc(C)ccc43)sc2C(C)C)c1. The summed E-state index contributed by atoms with van der Waals surface area (Å²) in [5.41, 5.74) is 4.98. The van der Waals surface area contributed by atoms with E-state index in [2.05, 4.69) is 44.1 Å². The van der Waals surface area contributed by atoms with Crippen molar-refractivity contribution in [2.45, 2.75) is 33.6 Å². The van der Waals surface area contributed by atoms with Crippen LogP contribution < -0.4 is 0 Å². The van der Waals surface area contributed by atoms with Crippen LogP contribution in [0, 0.1) is 13.8 Å². The molecule has 0 aliphatic rings. The predicted octanol–water partition coefficient (Wildman–Crippen LogP) is 5.59. The van der Waals surface area contributed by atoms with E-state index in [1.165, 1.54) is 5.56 Å². The second-order valence-electron chi connectivity index (χ2n) is 7.32. The number of hydrogen-bond donors (Lipinski definition) is 1. The van der Waals surface area contributed by atoms with Gasteiger partial charge in [-0.25, -0.2) is 14.5 Å². The first kappa shape index (κ1) is 18.4. The minimum absolute atomic E-state index is 0.0529. The van der Waals surface area contributed by atoms with Crippen LogP contribution in [0.15, 0.2) is 42.5 Å². The summed E-state index contributed by atoms with van der Waals surface area (Å²) in [7, 11) is 0. The number of carboxylic acids is 1. The van der Waals surface area contributed by atoms with E-state index in [0.717, 1.165) is 27.2 Å². The Hall–Kier alpha value is -2.99. The summed E-state index contributed by atoms with van der Waals surface area (Å²) < 4.78 is 1.66. The average molecular weight is 391 g/mol. The first-order valence-corrected chi connectivity index (χ1v) is 9.97. The maximum Gasteiger partial charge on any atom is 0.357 e. The van der Waals surface area contributed by atoms with Crippen molar-refractivity contribution >= 4 is 28.2 Å². The number of aromatic carboxylic acids is 1. The highest BCUT2D eigenvalue weighted by Gasteiger charge is 2.22. The largest absolute Gasteiger partial charge is 0.476 e. The van der Waals surface area contributed by atoms with Gasteiger partial charge in [-0.15, -0.1) is 0 Å². The van der Waals surface area contributed by atoms with Gasteiger partial charge in [0.2, 0.25) is 5.13 Å². The molecule has 0 aliphatic heterocycles. The number of aryl methyl sites for hydroxylation is 2. The fourth-order valence-electron chi connectivity index (χ4n) is 3.34. The maximum absolute atomic E-state index is 11.7. The summed E-state index contributed by atoms with van der Waals surface area (Å²) in [5.74, 6) is -0.737. The highest BCUT2D eigenvalue weighted by Crippen LogP contribution is 2.36. The van der Waals surface area contributed by atoms with Crippen molar-refractivity contribution < 1.29 is 9.90 Å². The van der Waals surface area contributed by atoms with Gasteiger partial charge in [-0.05, 0) is 38.0 Å². The molecule has 4 rings (SSSR count). The Balaban J connectivity index is 1.96. The lowest BCUT2D eigenvalue weighted by atomic mass is 10.0. The molecule has 0 saturated heterocycles. The number of fused-ring (bicyclic) bond motifs is 1. The molecular weight excluding hydrogens is 370 g/mol. The third-order valence-corrected chi connectivity index (χ3v) is 6.01. The molecule has 0 atom stereocenters. The second kappa shape index (κ2) is 6.87. The molecule has 4 aromatic rings. The Labute approximate surface area is 167 Å². The Morgan fingerprint density at radius 3 is 2.54 bits per heavy atom. The predicted molar refractivity (Wildman–Crippen MR) is 113 cm³/mol. The molecule has 2 aromatic carbocycles. The highest BCUT2D eigenvalue weighted by atomic mass is 32.1. The number of hydrogen-bond acceptors (Lipinski definition) is 4. The van der Waals surface area contributed by atoms with Gasteiger partial charge in [0.1, 0.15) is 0 Å². The Kier molecular flexibility index (Phi) is 4.51. The standard InChI is InChI=1S/C22H21N3O2S/c1-12(2)20-18(15-7-5-6-13(3)10-15)23-22(28-20)25-17-9-8-14(4)11-16(17)19(24-25)21(26)27/h5-12H,1-4H3,(H,26,27). The molecule has 0 unspecified atom stereocenters. The molecule has 6 heteroatoms. The van der Waals surface area contributed by atoms with Gasteiger partial charge in [-0.2, -0.15) is 5.10 Å². The molecule has 0 amide bonds. The topological polar surface area (TPSA) is 68.0 Å². The van der Waals surface area contributed by atoms with Gasteiger partial charge in [0.25, 0.3) is 0 Å². The summed E-state index contributed by atoms with van der Waals surface area (Å²) >= 11 is 1.56. The van der Waals surface area contributed by atoms with Gasteiger partial charge in [0, 0.05) is 15.8 Å². The molecule has 0 radical (unpaired) electrons. The summed E-state index contributed by atoms with van der Waals surface area (Å²) in [6.45, 7) is 8.29. The number of benzene rings is 2. The third kappa shape index (κ3) is 3.10. The lowest BCUT2D eigenvalue weighted by Crippen LogP contribution is -2.01. The Morgan fingerprint density at radius 1 is 1.11 bits per heavy atom. The van der Waals surface area contributed by atoms with E-state index < -0.39 is 5.97 Å². The molecule has 0 saturated carbocycles. The van der Waals surface area contributed by atoms with Crippen LogP contribution in [0.2, 0.25) is 0 Å². The lowest BCUT2D eigenvalue weighted by molar-refractivity contribution is 0.0692. The molecule has 0 bridgehead atoms. The van der Waals surface area contributed by atoms with E-state index in [1.54, 1.807) is 16.0 Å². The quantitative estimate of drug-likeness (QED) is 0.492. The van der Waals surface area contributed by atoms with Gasteiger partial charge in [-0.3, -0.25) is 0 Å². The number of rotatable bonds is 4. The number of nitrogens with zero attached hydrogens (tertiary/aromatic N) is 3. The summed E-state index contributed by atoms with van der Waals surface area (Å²) in [5, 5.41) is 15.3. The molecule has 28 heavy (non-hydrogen) atoms. The van der Waals surface area contributed by atoms with Crippen LogP contribution >= 0.6 is 11.3 Å². The van der Waals surface area contributed by atoms with Crippen LogP contribution in [0.3, 0.4) is 0 Å². The molecule has 1 N–H and O–H groups in total. The fourth-order valence-corrected chi connectivity index (χ4v) is 4.39. The van der Waals surface area contributed by atoms with Crippen molar-refractivity contribution in [3.63, 3.8) is 0 Å². The molecule has 5 nitrogen and oxygen atoms in total. The molecule has 0 fully saturated rings. The zero-order valence-electron chi connectivity index (χ0n) is 16.2. The first-order chi connectivity index (χ1) is 13.3. The van der Waals surface area contributed by atoms with E-state index in [-0.39, 0.29) is 5.69 Å². The van der Waals surface area contributed by atoms with Crippen LogP contribution in [0.4, 0.5) is 0 Å². The number of aromatic nitrogens is 3. The van der Waals surface area contributed by atoms with Crippen molar-refractivity contribution in [3.05, 3.63) is 64.2 Å². The van der Waals surface area contributed by atoms with Crippen molar-refractivity contribution in [1.29, 1.82) is 0 Å². The number of thiazole rings is 1. The van der Waals surface area contributed by atoms with Crippen LogP contribution in [0.5, 0.6) is 0 Å². The van der Waals surface area contributed by atoms with Crippen LogP contribution in [0.25, 0.3) is 27.3 Å². The smallest absolute Gasteiger partial charge is 0.357 e. The van der Waals surface area contributed by atoms with Crippen LogP contribution in [-0.2, 0) is 0 Å². The summed E-state index contributed by atoms with van der Waals surface area (Å²) in [6, 6.07) is 14.0. The van der Waals surface area contributed by atoms with Crippen LogP contribution in [0.1, 0.15) is 46.3 Å². The Bertz CT molecular complexity index is 1200. The van der Waals surface area contributed by atoms with Crippen molar-refractivity contribution in [2.24, 2.45) is 0 Å². The molecular formula is C22H21N3O2S. The molecule has 0 spiro atoms. The maximum atomic E-state index is 11.7. The number of carboxylic acid groups (broad SMARTS) is 1. The third-order valence-electron chi connectivity index (χ3n) is 4.68. The highest BCUT2D eigenvalue weighted by molar-refractivity contribution is 7.14. The average Bonchev–Trinajstić information content (AvgIpc) is 3.23. The molecule has 0 aliphatic carbocycles. The van der Waals surface area contributed by atoms with Gasteiger partial charge in [0.05, 0.1) is 11.2 Å². The zero-order valence-corrected chi connectivity index (χ0v) is 17.0. The van der Waals surface area contributed by atoms with Crippen molar-refractivity contribution in [2.75, 3.05) is 0 Å². The minimum atomic E-state index is -1.03. The van der Waals surface area contributed by atoms with E-state index in [0.29, 0.717) is 16.4 Å². The van der Waals surface area contributed by atoms with E-state index in [1.807, 2.05) is 31.2 Å². The second-order valence-corrected chi connectivity index (χ2v) is 8.33. The van der Waals surface area contributed by atoms with Gasteiger partial charge < -0.3 is 5.11 Å². The van der Waals surface area contributed by atoms with Gasteiger partial charge >= 0.3 is 5.97 Å². The Morgan fingerprint density at radius 2 is 1.86 bits per heavy atom. The molecule has 2 aromatic heterocycles. The first-order valence-electron chi connectivity index (χ1n) is 9.16.